The van der Waals surface area contributed by atoms with Gasteiger partial charge in [-0.05, 0) is 74.2 Å². The Morgan fingerprint density at radius 1 is 0.889 bits per heavy atom. The number of nitrogens with zero attached hydrogens (tertiary/aromatic N) is 3. The molecule has 1 saturated heterocycles. The van der Waals surface area contributed by atoms with Crippen LogP contribution in [0.15, 0.2) is 65.6 Å². The first-order chi connectivity index (χ1) is 20.8. The molecule has 3 aromatic rings. The highest BCUT2D eigenvalue weighted by Crippen LogP contribution is 2.49. The van der Waals surface area contributed by atoms with Crippen LogP contribution in [0.1, 0.15) is 36.8 Å². The molecule has 2 aliphatic heterocycles. The number of carbonyl (C=O) groups excluding carboxylic acids is 1. The second-order valence-corrected chi connectivity index (χ2v) is 13.2. The summed E-state index contributed by atoms with van der Waals surface area (Å²) in [6.45, 7) is 9.00. The molecule has 1 fully saturated rings. The van der Waals surface area contributed by atoms with Crippen LogP contribution in [0, 0.1) is 0 Å². The van der Waals surface area contributed by atoms with Gasteiger partial charge in [-0.2, -0.15) is 3.89 Å². The topological polar surface area (TPSA) is 51.2 Å². The standard InChI is InChI=1S/C34H43ClN3O4S.2ClH/c1-25-30-9-5-6-10-33(30)43-38(2,34(25)39)31-23-27(35)11-12-32(31)42-20-8-7-14-36-16-18-37(19-17-36)15-13-26-21-28(40-3)24-29(22-26)41-4;;/h5-6,9-12,21-25H,7-8,13-20H2,1-4H3;2*1H/q+1;;. The minimum atomic E-state index is -0.208. The number of quaternary nitrogens is 1. The van der Waals surface area contributed by atoms with Crippen molar-refractivity contribution in [2.24, 2.45) is 0 Å². The number of unbranched alkanes of at least 4 members (excludes halogenated alkanes) is 1. The third-order valence-electron chi connectivity index (χ3n) is 8.56. The highest BCUT2D eigenvalue weighted by atomic mass is 35.5. The van der Waals surface area contributed by atoms with E-state index in [0.717, 1.165) is 91.9 Å². The number of likely N-dealkylation sites (N-methyl/N-ethyl adjacent to an activating group) is 1. The number of piperazine rings is 1. The summed E-state index contributed by atoms with van der Waals surface area (Å²) in [5.74, 6) is 2.32. The van der Waals surface area contributed by atoms with Crippen LogP contribution < -0.4 is 18.1 Å². The maximum atomic E-state index is 13.6. The summed E-state index contributed by atoms with van der Waals surface area (Å²) in [5, 5.41) is 0.601. The van der Waals surface area contributed by atoms with Crippen molar-refractivity contribution in [3.8, 4) is 17.2 Å². The average Bonchev–Trinajstić information content (AvgIpc) is 3.03. The molecule has 0 aliphatic carbocycles. The predicted molar refractivity (Wildman–Crippen MR) is 190 cm³/mol. The normalized spacial score (nSPS) is 20.0. The van der Waals surface area contributed by atoms with Crippen LogP contribution in [-0.2, 0) is 11.2 Å². The van der Waals surface area contributed by atoms with Crippen molar-refractivity contribution < 1.29 is 19.0 Å². The zero-order chi connectivity index (χ0) is 30.4. The molecule has 2 unspecified atom stereocenters. The Hall–Kier alpha value is -2.17. The zero-order valence-electron chi connectivity index (χ0n) is 26.5. The van der Waals surface area contributed by atoms with E-state index in [1.807, 2.05) is 56.4 Å². The van der Waals surface area contributed by atoms with E-state index in [2.05, 4.69) is 28.0 Å². The molecule has 2 aliphatic rings. The smallest absolute Gasteiger partial charge is 0.337 e. The first-order valence-electron chi connectivity index (χ1n) is 15.1. The molecule has 2 atom stereocenters. The monoisotopic (exact) mass is 696 g/mol. The number of carbonyl (C=O) groups is 1. The molecule has 7 nitrogen and oxygen atoms in total. The zero-order valence-corrected chi connectivity index (χ0v) is 29.7. The first-order valence-corrected chi connectivity index (χ1v) is 16.2. The SMILES string of the molecule is COc1cc(CCN2CCN(CCCCOc3ccc(Cl)cc3[N+]3(C)Sc4ccccc4C(C)C3=O)CC2)cc(OC)c1.Cl.Cl. The van der Waals surface area contributed by atoms with Crippen molar-refractivity contribution in [3.63, 3.8) is 0 Å². The molecule has 0 N–H and O–H groups in total. The van der Waals surface area contributed by atoms with Gasteiger partial charge in [0, 0.05) is 49.9 Å². The van der Waals surface area contributed by atoms with Crippen LogP contribution in [0.4, 0.5) is 5.69 Å². The number of hydrogen-bond donors (Lipinski definition) is 0. The Bertz CT molecular complexity index is 1400. The number of fused-ring (bicyclic) bond motifs is 1. The lowest BCUT2D eigenvalue weighted by atomic mass is 9.99. The van der Waals surface area contributed by atoms with Gasteiger partial charge in [-0.3, -0.25) is 0 Å². The van der Waals surface area contributed by atoms with Crippen molar-refractivity contribution in [2.75, 3.05) is 67.1 Å². The molecular formula is C34H45Cl3N3O4S+. The molecule has 3 aromatic carbocycles. The lowest BCUT2D eigenvalue weighted by Crippen LogP contribution is -2.48. The van der Waals surface area contributed by atoms with Gasteiger partial charge in [-0.15, -0.1) is 24.8 Å². The van der Waals surface area contributed by atoms with Gasteiger partial charge in [0.2, 0.25) is 0 Å². The van der Waals surface area contributed by atoms with Crippen molar-refractivity contribution in [3.05, 3.63) is 76.8 Å². The maximum Gasteiger partial charge on any atom is 0.337 e. The van der Waals surface area contributed by atoms with Gasteiger partial charge in [0.1, 0.15) is 23.4 Å². The van der Waals surface area contributed by atoms with Crippen LogP contribution in [-0.4, -0.2) is 82.8 Å². The molecule has 5 rings (SSSR count). The first kappa shape index (κ1) is 37.3. The van der Waals surface area contributed by atoms with Crippen LogP contribution in [0.25, 0.3) is 0 Å². The quantitative estimate of drug-likeness (QED) is 0.110. The minimum Gasteiger partial charge on any atom is -0.497 e. The summed E-state index contributed by atoms with van der Waals surface area (Å²) >= 11 is 7.98. The fraction of sp³-hybridized carbons (Fsp3) is 0.441. The van der Waals surface area contributed by atoms with Gasteiger partial charge in [0.05, 0.1) is 38.7 Å². The van der Waals surface area contributed by atoms with E-state index >= 15 is 0 Å². The van der Waals surface area contributed by atoms with E-state index in [4.69, 9.17) is 25.8 Å². The summed E-state index contributed by atoms with van der Waals surface area (Å²) in [6.07, 6.45) is 2.99. The molecule has 1 amide bonds. The number of amides is 1. The number of rotatable bonds is 12. The van der Waals surface area contributed by atoms with Crippen LogP contribution in [0.2, 0.25) is 5.02 Å². The fourth-order valence-electron chi connectivity index (χ4n) is 5.93. The molecule has 0 aromatic heterocycles. The second kappa shape index (κ2) is 17.1. The highest BCUT2D eigenvalue weighted by Gasteiger charge is 2.48. The molecule has 0 saturated carbocycles. The molecule has 11 heteroatoms. The molecule has 0 bridgehead atoms. The minimum absolute atomic E-state index is 0. The number of methoxy groups -OCH3 is 2. The molecule has 246 valence electrons. The number of benzene rings is 3. The summed E-state index contributed by atoms with van der Waals surface area (Å²) in [4.78, 5) is 19.8. The number of halogens is 3. The Morgan fingerprint density at radius 3 is 2.20 bits per heavy atom. The third kappa shape index (κ3) is 9.01. The molecule has 0 spiro atoms. The van der Waals surface area contributed by atoms with Crippen LogP contribution in [0.5, 0.6) is 17.2 Å². The van der Waals surface area contributed by atoms with Gasteiger partial charge in [-0.25, -0.2) is 4.79 Å². The summed E-state index contributed by atoms with van der Waals surface area (Å²) in [5.41, 5.74) is 3.12. The summed E-state index contributed by atoms with van der Waals surface area (Å²) in [7, 11) is 5.33. The fourth-order valence-corrected chi connectivity index (χ4v) is 7.47. The lowest BCUT2D eigenvalue weighted by molar-refractivity contribution is -0.126. The molecule has 0 radical (unpaired) electrons. The number of hydrogen-bond acceptors (Lipinski definition) is 7. The highest BCUT2D eigenvalue weighted by molar-refractivity contribution is 7.99. The molecule has 2 heterocycles. The Morgan fingerprint density at radius 2 is 1.53 bits per heavy atom. The van der Waals surface area contributed by atoms with E-state index in [-0.39, 0.29) is 40.5 Å². The van der Waals surface area contributed by atoms with Crippen LogP contribution >= 0.6 is 48.4 Å². The van der Waals surface area contributed by atoms with Crippen molar-refractivity contribution in [2.45, 2.75) is 37.0 Å². The van der Waals surface area contributed by atoms with E-state index in [9.17, 15) is 4.79 Å². The van der Waals surface area contributed by atoms with E-state index in [1.54, 1.807) is 26.2 Å². The largest absolute Gasteiger partial charge is 0.497 e. The van der Waals surface area contributed by atoms with Gasteiger partial charge in [0.15, 0.2) is 11.4 Å². The summed E-state index contributed by atoms with van der Waals surface area (Å²) < 4.78 is 17.2. The van der Waals surface area contributed by atoms with Crippen molar-refractivity contribution >= 4 is 60.0 Å². The van der Waals surface area contributed by atoms with Gasteiger partial charge < -0.3 is 24.0 Å². The maximum absolute atomic E-state index is 13.6. The number of ether oxygens (including phenoxy) is 3. The van der Waals surface area contributed by atoms with Crippen molar-refractivity contribution in [1.29, 1.82) is 0 Å². The Labute approximate surface area is 289 Å². The van der Waals surface area contributed by atoms with Crippen LogP contribution in [0.3, 0.4) is 0 Å². The van der Waals surface area contributed by atoms with Gasteiger partial charge >= 0.3 is 5.91 Å². The van der Waals surface area contributed by atoms with Gasteiger partial charge in [0.25, 0.3) is 0 Å². The van der Waals surface area contributed by atoms with Crippen molar-refractivity contribution in [1.82, 2.24) is 13.7 Å². The Balaban J connectivity index is 0.00000276. The molecular weight excluding hydrogens is 653 g/mol. The predicted octanol–water partition coefficient (Wildman–Crippen LogP) is 7.51. The van der Waals surface area contributed by atoms with E-state index < -0.39 is 0 Å². The molecule has 45 heavy (non-hydrogen) atoms. The Kier molecular flexibility index (Phi) is 14.2. The van der Waals surface area contributed by atoms with Gasteiger partial charge in [-0.1, -0.05) is 29.8 Å². The van der Waals surface area contributed by atoms with E-state index in [0.29, 0.717) is 11.6 Å². The van der Waals surface area contributed by atoms with E-state index in [1.165, 1.54) is 5.56 Å². The average molecular weight is 698 g/mol. The summed E-state index contributed by atoms with van der Waals surface area (Å²) in [6, 6.07) is 19.9. The second-order valence-electron chi connectivity index (χ2n) is 11.4. The third-order valence-corrected chi connectivity index (χ3v) is 10.1. The lowest BCUT2D eigenvalue weighted by Gasteiger charge is -2.36.